The van der Waals surface area contributed by atoms with Crippen LogP contribution in [0.15, 0.2) is 42.5 Å². The van der Waals surface area contributed by atoms with Crippen molar-refractivity contribution in [3.63, 3.8) is 0 Å². The largest absolute Gasteiger partial charge is 0.480 e. The minimum absolute atomic E-state index is 0.0858. The number of anilines is 1. The molecular formula is C22H24N4O3. The van der Waals surface area contributed by atoms with Crippen LogP contribution in [0.3, 0.4) is 0 Å². The van der Waals surface area contributed by atoms with E-state index in [9.17, 15) is 20.0 Å². The number of aryl methyl sites for hydroxylation is 1. The summed E-state index contributed by atoms with van der Waals surface area (Å²) >= 11 is 0. The molecule has 7 nitrogen and oxygen atoms in total. The topological polar surface area (TPSA) is 87.9 Å². The summed E-state index contributed by atoms with van der Waals surface area (Å²) in [6.45, 7) is 2.83. The Morgan fingerprint density at radius 3 is 2.34 bits per heavy atom. The second-order valence-corrected chi connectivity index (χ2v) is 7.07. The molecule has 7 heteroatoms. The normalized spacial score (nSPS) is 12.9. The Labute approximate surface area is 170 Å². The quantitative estimate of drug-likeness (QED) is 0.779. The summed E-state index contributed by atoms with van der Waals surface area (Å²) in [6, 6.07) is 15.3. The fourth-order valence-corrected chi connectivity index (χ4v) is 3.57. The Kier molecular flexibility index (Phi) is 6.15. The van der Waals surface area contributed by atoms with Gasteiger partial charge in [0.2, 0.25) is 0 Å². The number of hydrogen-bond acceptors (Lipinski definition) is 5. The lowest BCUT2D eigenvalue weighted by Gasteiger charge is -2.31. The molecule has 1 N–H and O–H groups in total. The first-order valence-corrected chi connectivity index (χ1v) is 9.51. The highest BCUT2D eigenvalue weighted by Gasteiger charge is 2.27. The zero-order chi connectivity index (χ0) is 21.0. The highest BCUT2D eigenvalue weighted by Crippen LogP contribution is 2.25. The lowest BCUT2D eigenvalue weighted by molar-refractivity contribution is -0.145. The van der Waals surface area contributed by atoms with Gasteiger partial charge in [-0.05, 0) is 35.2 Å². The highest BCUT2D eigenvalue weighted by molar-refractivity contribution is 5.84. The van der Waals surface area contributed by atoms with Gasteiger partial charge in [-0.2, -0.15) is 5.26 Å². The number of hydrazine groups is 1. The van der Waals surface area contributed by atoms with Gasteiger partial charge in [0.15, 0.2) is 0 Å². The van der Waals surface area contributed by atoms with Crippen LogP contribution in [0.2, 0.25) is 0 Å². The van der Waals surface area contributed by atoms with Crippen molar-refractivity contribution in [1.82, 2.24) is 10.0 Å². The molecule has 1 aliphatic heterocycles. The van der Waals surface area contributed by atoms with E-state index in [4.69, 9.17) is 0 Å². The first kappa shape index (κ1) is 20.4. The third kappa shape index (κ3) is 4.55. The molecule has 0 unspecified atom stereocenters. The second-order valence-electron chi connectivity index (χ2n) is 7.07. The number of carbonyl (C=O) groups is 2. The van der Waals surface area contributed by atoms with Crippen LogP contribution in [0.25, 0.3) is 0 Å². The van der Waals surface area contributed by atoms with Gasteiger partial charge in [-0.15, -0.1) is 0 Å². The minimum atomic E-state index is -1.03. The number of carbonyl (C=O) groups excluding carboxylic acids is 1. The second kappa shape index (κ2) is 8.76. The number of fused-ring (bicyclic) bond motifs is 1. The molecule has 29 heavy (non-hydrogen) atoms. The number of amides is 1. The van der Waals surface area contributed by atoms with E-state index in [-0.39, 0.29) is 19.0 Å². The van der Waals surface area contributed by atoms with Crippen molar-refractivity contribution in [2.24, 2.45) is 0 Å². The molecule has 0 spiro atoms. The van der Waals surface area contributed by atoms with Crippen LogP contribution in [0.4, 0.5) is 5.69 Å². The van der Waals surface area contributed by atoms with Gasteiger partial charge < -0.3 is 10.0 Å². The first-order chi connectivity index (χ1) is 13.9. The van der Waals surface area contributed by atoms with Gasteiger partial charge >= 0.3 is 5.97 Å². The van der Waals surface area contributed by atoms with Crippen molar-refractivity contribution in [2.45, 2.75) is 26.4 Å². The smallest absolute Gasteiger partial charge is 0.323 e. The zero-order valence-corrected chi connectivity index (χ0v) is 16.6. The van der Waals surface area contributed by atoms with Crippen LogP contribution in [0.1, 0.15) is 29.2 Å². The van der Waals surface area contributed by atoms with Gasteiger partial charge in [0.25, 0.3) is 5.91 Å². The molecule has 3 rings (SSSR count). The number of nitriles is 1. The number of benzene rings is 2. The first-order valence-electron chi connectivity index (χ1n) is 9.51. The lowest BCUT2D eigenvalue weighted by Crippen LogP contribution is -2.47. The Morgan fingerprint density at radius 1 is 1.14 bits per heavy atom. The van der Waals surface area contributed by atoms with E-state index in [0.717, 1.165) is 5.56 Å². The maximum Gasteiger partial charge on any atom is 0.323 e. The molecule has 0 atom stereocenters. The number of carboxylic acid groups (broad SMARTS) is 1. The summed E-state index contributed by atoms with van der Waals surface area (Å²) in [4.78, 5) is 26.0. The SMILES string of the molecule is CCc1ccc(C#N)cc1N(CC(=O)O)CC(=O)N(C)N1Cc2ccccc2C1. The Hall–Kier alpha value is -3.37. The predicted molar refractivity (Wildman–Crippen MR) is 109 cm³/mol. The van der Waals surface area contributed by atoms with Crippen molar-refractivity contribution in [2.75, 3.05) is 25.0 Å². The summed E-state index contributed by atoms with van der Waals surface area (Å²) in [5.74, 6) is -1.23. The van der Waals surface area contributed by atoms with Crippen LogP contribution in [0, 0.1) is 11.3 Å². The molecule has 0 bridgehead atoms. The number of nitrogens with zero attached hydrogens (tertiary/aromatic N) is 4. The fourth-order valence-electron chi connectivity index (χ4n) is 3.57. The van der Waals surface area contributed by atoms with Gasteiger partial charge in [-0.3, -0.25) is 14.6 Å². The highest BCUT2D eigenvalue weighted by atomic mass is 16.4. The number of rotatable bonds is 7. The summed E-state index contributed by atoms with van der Waals surface area (Å²) < 4.78 is 0. The van der Waals surface area contributed by atoms with Crippen LogP contribution in [-0.4, -0.2) is 47.1 Å². The molecule has 2 aromatic carbocycles. The van der Waals surface area contributed by atoms with Crippen LogP contribution < -0.4 is 4.90 Å². The van der Waals surface area contributed by atoms with Crippen molar-refractivity contribution < 1.29 is 14.7 Å². The average Bonchev–Trinajstić information content (AvgIpc) is 3.16. The molecule has 1 heterocycles. The van der Waals surface area contributed by atoms with E-state index < -0.39 is 5.97 Å². The van der Waals surface area contributed by atoms with E-state index in [2.05, 4.69) is 6.07 Å². The summed E-state index contributed by atoms with van der Waals surface area (Å²) in [5.41, 5.74) is 4.31. The summed E-state index contributed by atoms with van der Waals surface area (Å²) in [5, 5.41) is 22.1. The van der Waals surface area contributed by atoms with Crippen LogP contribution >= 0.6 is 0 Å². The Morgan fingerprint density at radius 2 is 1.79 bits per heavy atom. The van der Waals surface area contributed by atoms with E-state index in [1.165, 1.54) is 16.0 Å². The van der Waals surface area contributed by atoms with E-state index in [1.807, 2.05) is 42.3 Å². The Balaban J connectivity index is 1.80. The van der Waals surface area contributed by atoms with E-state index in [0.29, 0.717) is 30.8 Å². The number of hydrogen-bond donors (Lipinski definition) is 1. The maximum absolute atomic E-state index is 13.0. The summed E-state index contributed by atoms with van der Waals surface area (Å²) in [6.07, 6.45) is 0.669. The minimum Gasteiger partial charge on any atom is -0.480 e. The maximum atomic E-state index is 13.0. The van der Waals surface area contributed by atoms with Gasteiger partial charge in [0, 0.05) is 25.8 Å². The molecule has 0 aromatic heterocycles. The molecule has 1 amide bonds. The summed E-state index contributed by atoms with van der Waals surface area (Å²) in [7, 11) is 1.71. The predicted octanol–water partition coefficient (Wildman–Crippen LogP) is 2.40. The third-order valence-electron chi connectivity index (χ3n) is 5.20. The van der Waals surface area contributed by atoms with Crippen LogP contribution in [0.5, 0.6) is 0 Å². The molecule has 0 aliphatic carbocycles. The van der Waals surface area contributed by atoms with Crippen molar-refractivity contribution >= 4 is 17.6 Å². The molecule has 0 saturated carbocycles. The molecule has 150 valence electrons. The van der Waals surface area contributed by atoms with Crippen molar-refractivity contribution in [1.29, 1.82) is 5.26 Å². The Bertz CT molecular complexity index is 942. The lowest BCUT2D eigenvalue weighted by atomic mass is 10.1. The van der Waals surface area contributed by atoms with Crippen molar-refractivity contribution in [3.8, 4) is 6.07 Å². The van der Waals surface area contributed by atoms with Gasteiger partial charge in [0.05, 0.1) is 18.2 Å². The fraction of sp³-hybridized carbons (Fsp3) is 0.318. The molecule has 0 saturated heterocycles. The molecular weight excluding hydrogens is 368 g/mol. The van der Waals surface area contributed by atoms with E-state index >= 15 is 0 Å². The number of aliphatic carboxylic acids is 1. The van der Waals surface area contributed by atoms with E-state index in [1.54, 1.807) is 24.2 Å². The standard InChI is InChI=1S/C22H24N4O3/c1-3-17-9-8-16(11-23)10-20(17)25(15-22(28)29)14-21(27)24(2)26-12-18-6-4-5-7-19(18)13-26/h4-10H,3,12-15H2,1-2H3,(H,28,29). The average molecular weight is 392 g/mol. The molecule has 1 aliphatic rings. The zero-order valence-electron chi connectivity index (χ0n) is 16.6. The number of carboxylic acids is 1. The number of likely N-dealkylation sites (N-methyl/N-ethyl adjacent to an activating group) is 1. The molecule has 0 fully saturated rings. The third-order valence-corrected chi connectivity index (χ3v) is 5.20. The van der Waals surface area contributed by atoms with Crippen LogP contribution in [-0.2, 0) is 29.1 Å². The monoisotopic (exact) mass is 392 g/mol. The molecule has 2 aromatic rings. The molecule has 0 radical (unpaired) electrons. The van der Waals surface area contributed by atoms with Gasteiger partial charge in [0.1, 0.15) is 6.54 Å². The van der Waals surface area contributed by atoms with Crippen molar-refractivity contribution in [3.05, 3.63) is 64.7 Å². The van der Waals surface area contributed by atoms with Gasteiger partial charge in [-0.1, -0.05) is 37.3 Å². The van der Waals surface area contributed by atoms with Gasteiger partial charge in [-0.25, -0.2) is 5.01 Å².